The van der Waals surface area contributed by atoms with E-state index in [1.165, 1.54) is 0 Å². The fraction of sp³-hybridized carbons (Fsp3) is 0. The second-order valence-corrected chi connectivity index (χ2v) is 11.6. The third kappa shape index (κ3) is 3.52. The Morgan fingerprint density at radius 3 is 1.18 bits per heavy atom. The fourth-order valence-corrected chi connectivity index (χ4v) is 7.06. The van der Waals surface area contributed by atoms with Crippen LogP contribution in [0, 0.1) is 0 Å². The molecule has 3 heterocycles. The van der Waals surface area contributed by atoms with Gasteiger partial charge < -0.3 is 13.3 Å². The summed E-state index contributed by atoms with van der Waals surface area (Å²) in [5.74, 6) is 0. The highest BCUT2D eigenvalue weighted by atomic mass is 16.3. The van der Waals surface area contributed by atoms with E-state index in [1.807, 2.05) is 36.4 Å². The molecule has 0 aliphatic rings. The van der Waals surface area contributed by atoms with Crippen LogP contribution in [-0.4, -0.2) is 0 Å². The number of hydrogen-bond donors (Lipinski definition) is 0. The average molecular weight is 577 g/mol. The standard InChI is InChI=1S/C42H24O3/c1-4-19-37-28(10-1)32-15-7-13-26(40(32)43-37)25-22-23-27(31-14-8-16-33-29-11-2-5-20-38(29)44-41(31)33)36(24-25)35-18-9-17-34-30-12-3-6-21-39(30)45-42(34)35/h1-24H. The first kappa shape index (κ1) is 24.4. The first-order valence-corrected chi connectivity index (χ1v) is 15.2. The lowest BCUT2D eigenvalue weighted by Crippen LogP contribution is -1.89. The highest BCUT2D eigenvalue weighted by Gasteiger charge is 2.21. The molecule has 3 heteroatoms. The van der Waals surface area contributed by atoms with Crippen LogP contribution < -0.4 is 0 Å². The van der Waals surface area contributed by atoms with E-state index in [1.54, 1.807) is 0 Å². The van der Waals surface area contributed by atoms with Crippen molar-refractivity contribution < 1.29 is 13.3 Å². The van der Waals surface area contributed by atoms with Gasteiger partial charge in [0, 0.05) is 49.0 Å². The Kier molecular flexibility index (Phi) is 5.00. The monoisotopic (exact) mass is 576 g/mol. The van der Waals surface area contributed by atoms with Gasteiger partial charge in [-0.1, -0.05) is 121 Å². The molecule has 0 aliphatic carbocycles. The minimum Gasteiger partial charge on any atom is -0.455 e. The molecular weight excluding hydrogens is 552 g/mol. The molecule has 3 nitrogen and oxygen atoms in total. The third-order valence-electron chi connectivity index (χ3n) is 9.12. The number of fused-ring (bicyclic) bond motifs is 9. The van der Waals surface area contributed by atoms with Crippen molar-refractivity contribution in [3.8, 4) is 33.4 Å². The predicted molar refractivity (Wildman–Crippen MR) is 185 cm³/mol. The maximum Gasteiger partial charge on any atom is 0.143 e. The second-order valence-electron chi connectivity index (χ2n) is 11.6. The molecule has 7 aromatic carbocycles. The molecule has 0 amide bonds. The van der Waals surface area contributed by atoms with Gasteiger partial charge in [0.1, 0.15) is 33.5 Å². The van der Waals surface area contributed by atoms with Crippen LogP contribution in [0.15, 0.2) is 159 Å². The van der Waals surface area contributed by atoms with Gasteiger partial charge in [-0.15, -0.1) is 0 Å². The first-order chi connectivity index (χ1) is 22.3. The SMILES string of the molecule is c1ccc2c(c1)oc1c(-c3ccc(-c4cccc5c4oc4ccccc45)c(-c4cccc5c4oc4ccccc45)c3)cccc12. The summed E-state index contributed by atoms with van der Waals surface area (Å²) in [5, 5.41) is 6.66. The van der Waals surface area contributed by atoms with Gasteiger partial charge in [-0.25, -0.2) is 0 Å². The van der Waals surface area contributed by atoms with Crippen LogP contribution >= 0.6 is 0 Å². The number of benzene rings is 7. The Morgan fingerprint density at radius 2 is 0.667 bits per heavy atom. The number of hydrogen-bond acceptors (Lipinski definition) is 3. The summed E-state index contributed by atoms with van der Waals surface area (Å²) in [6.07, 6.45) is 0. The van der Waals surface area contributed by atoms with Crippen LogP contribution in [0.25, 0.3) is 99.2 Å². The molecule has 0 atom stereocenters. The van der Waals surface area contributed by atoms with Crippen LogP contribution in [-0.2, 0) is 0 Å². The zero-order valence-electron chi connectivity index (χ0n) is 24.1. The van der Waals surface area contributed by atoms with Crippen molar-refractivity contribution >= 4 is 65.8 Å². The Balaban J connectivity index is 1.29. The Hall–Kier alpha value is -6.06. The van der Waals surface area contributed by atoms with E-state index in [9.17, 15) is 0 Å². The maximum absolute atomic E-state index is 6.58. The number of furan rings is 3. The summed E-state index contributed by atoms with van der Waals surface area (Å²) in [7, 11) is 0. The van der Waals surface area contributed by atoms with Crippen molar-refractivity contribution in [2.75, 3.05) is 0 Å². The molecule has 0 bridgehead atoms. The summed E-state index contributed by atoms with van der Waals surface area (Å²) >= 11 is 0. The molecule has 0 fully saturated rings. The number of para-hydroxylation sites is 6. The van der Waals surface area contributed by atoms with Gasteiger partial charge in [-0.3, -0.25) is 0 Å². The maximum atomic E-state index is 6.58. The third-order valence-corrected chi connectivity index (χ3v) is 9.12. The van der Waals surface area contributed by atoms with Crippen molar-refractivity contribution in [2.24, 2.45) is 0 Å². The smallest absolute Gasteiger partial charge is 0.143 e. The van der Waals surface area contributed by atoms with E-state index in [-0.39, 0.29) is 0 Å². The van der Waals surface area contributed by atoms with Crippen molar-refractivity contribution in [1.82, 2.24) is 0 Å². The molecule has 0 aliphatic heterocycles. The highest BCUT2D eigenvalue weighted by Crippen LogP contribution is 2.45. The van der Waals surface area contributed by atoms with Gasteiger partial charge in [0.15, 0.2) is 0 Å². The largest absolute Gasteiger partial charge is 0.455 e. The van der Waals surface area contributed by atoms with Crippen molar-refractivity contribution in [2.45, 2.75) is 0 Å². The lowest BCUT2D eigenvalue weighted by Gasteiger charge is -2.14. The first-order valence-electron chi connectivity index (χ1n) is 15.2. The Labute approximate surface area is 257 Å². The van der Waals surface area contributed by atoms with Crippen molar-refractivity contribution in [3.63, 3.8) is 0 Å². The van der Waals surface area contributed by atoms with E-state index in [4.69, 9.17) is 13.3 Å². The van der Waals surface area contributed by atoms with E-state index < -0.39 is 0 Å². The van der Waals surface area contributed by atoms with Gasteiger partial charge in [-0.05, 0) is 41.0 Å². The topological polar surface area (TPSA) is 39.4 Å². The molecule has 45 heavy (non-hydrogen) atoms. The van der Waals surface area contributed by atoms with E-state index >= 15 is 0 Å². The zero-order chi connectivity index (χ0) is 29.5. The van der Waals surface area contributed by atoms with Crippen LogP contribution in [0.2, 0.25) is 0 Å². The van der Waals surface area contributed by atoms with E-state index in [0.717, 1.165) is 99.2 Å². The summed E-state index contributed by atoms with van der Waals surface area (Å²) < 4.78 is 19.6. The molecule has 10 rings (SSSR count). The van der Waals surface area contributed by atoms with E-state index in [0.29, 0.717) is 0 Å². The number of rotatable bonds is 3. The molecule has 210 valence electrons. The summed E-state index contributed by atoms with van der Waals surface area (Å²) in [6.45, 7) is 0. The quantitative estimate of drug-likeness (QED) is 0.210. The van der Waals surface area contributed by atoms with Crippen molar-refractivity contribution in [3.05, 3.63) is 146 Å². The van der Waals surface area contributed by atoms with Gasteiger partial charge in [0.2, 0.25) is 0 Å². The van der Waals surface area contributed by atoms with Crippen molar-refractivity contribution in [1.29, 1.82) is 0 Å². The molecule has 0 N–H and O–H groups in total. The summed E-state index contributed by atoms with van der Waals surface area (Å²) in [5.41, 5.74) is 11.6. The minimum atomic E-state index is 0.871. The van der Waals surface area contributed by atoms with Crippen LogP contribution in [0.1, 0.15) is 0 Å². The lowest BCUT2D eigenvalue weighted by atomic mass is 9.89. The second kappa shape index (κ2) is 9.22. The zero-order valence-corrected chi connectivity index (χ0v) is 24.1. The molecule has 0 radical (unpaired) electrons. The molecular formula is C42H24O3. The van der Waals surface area contributed by atoms with Gasteiger partial charge in [-0.2, -0.15) is 0 Å². The van der Waals surface area contributed by atoms with Crippen LogP contribution in [0.3, 0.4) is 0 Å². The van der Waals surface area contributed by atoms with Crippen LogP contribution in [0.5, 0.6) is 0 Å². The average Bonchev–Trinajstić information content (AvgIpc) is 3.79. The molecule has 0 saturated carbocycles. The molecule has 0 saturated heterocycles. The molecule has 10 aromatic rings. The van der Waals surface area contributed by atoms with Gasteiger partial charge in [0.25, 0.3) is 0 Å². The molecule has 0 spiro atoms. The van der Waals surface area contributed by atoms with Crippen LogP contribution in [0.4, 0.5) is 0 Å². The predicted octanol–water partition coefficient (Wildman–Crippen LogP) is 12.4. The Morgan fingerprint density at radius 1 is 0.267 bits per heavy atom. The lowest BCUT2D eigenvalue weighted by molar-refractivity contribution is 0.669. The highest BCUT2D eigenvalue weighted by molar-refractivity contribution is 6.15. The summed E-state index contributed by atoms with van der Waals surface area (Å²) in [4.78, 5) is 0. The minimum absolute atomic E-state index is 0.871. The fourth-order valence-electron chi connectivity index (χ4n) is 7.06. The molecule has 3 aromatic heterocycles. The molecule has 0 unspecified atom stereocenters. The van der Waals surface area contributed by atoms with Gasteiger partial charge in [0.05, 0.1) is 0 Å². The normalized spacial score (nSPS) is 12.0. The Bertz CT molecular complexity index is 2770. The summed E-state index contributed by atoms with van der Waals surface area (Å²) in [6, 6.07) is 50.6. The van der Waals surface area contributed by atoms with E-state index in [2.05, 4.69) is 109 Å². The van der Waals surface area contributed by atoms with Gasteiger partial charge >= 0.3 is 0 Å².